The van der Waals surface area contributed by atoms with Crippen molar-refractivity contribution in [1.82, 2.24) is 5.32 Å². The van der Waals surface area contributed by atoms with Crippen LogP contribution in [0.5, 0.6) is 0 Å². The number of hydrogen-bond acceptors (Lipinski definition) is 2. The Hall–Kier alpha value is -1.61. The zero-order valence-corrected chi connectivity index (χ0v) is 11.2. The van der Waals surface area contributed by atoms with Crippen LogP contribution in [0.2, 0.25) is 0 Å². The first-order chi connectivity index (χ1) is 9.28. The van der Waals surface area contributed by atoms with Crippen LogP contribution >= 0.6 is 0 Å². The largest absolute Gasteiger partial charge is 0.374 e. The Morgan fingerprint density at radius 1 is 1.37 bits per heavy atom. The molecule has 0 bridgehead atoms. The molecule has 2 rings (SSSR count). The van der Waals surface area contributed by atoms with Crippen LogP contribution in [-0.4, -0.2) is 12.0 Å². The van der Waals surface area contributed by atoms with Gasteiger partial charge in [-0.25, -0.2) is 0 Å². The fourth-order valence-electron chi connectivity index (χ4n) is 2.36. The van der Waals surface area contributed by atoms with Crippen LogP contribution in [0.15, 0.2) is 36.9 Å². The van der Waals surface area contributed by atoms with Gasteiger partial charge in [0.2, 0.25) is 5.91 Å². The molecule has 0 aliphatic heterocycles. The summed E-state index contributed by atoms with van der Waals surface area (Å²) in [6, 6.07) is 8.15. The van der Waals surface area contributed by atoms with Crippen LogP contribution in [0, 0.1) is 0 Å². The fraction of sp³-hybridized carbons (Fsp3) is 0.438. The molecule has 1 amide bonds. The predicted molar refractivity (Wildman–Crippen MR) is 75.5 cm³/mol. The summed E-state index contributed by atoms with van der Waals surface area (Å²) < 4.78 is 5.89. The minimum absolute atomic E-state index is 0.146. The lowest BCUT2D eigenvalue weighted by Gasteiger charge is -2.12. The van der Waals surface area contributed by atoms with Gasteiger partial charge in [-0.2, -0.15) is 0 Å². The number of carbonyl (C=O) groups excluding carboxylic acids is 1. The third-order valence-electron chi connectivity index (χ3n) is 3.43. The highest BCUT2D eigenvalue weighted by atomic mass is 16.5. The smallest absolute Gasteiger partial charge is 0.243 e. The first-order valence-electron chi connectivity index (χ1n) is 6.87. The Kier molecular flexibility index (Phi) is 5.16. The van der Waals surface area contributed by atoms with E-state index in [0.29, 0.717) is 19.3 Å². The SMILES string of the molecule is C=CC(=O)NCc1cccc(COC2CCCC2)c1. The lowest BCUT2D eigenvalue weighted by Crippen LogP contribution is -2.20. The Morgan fingerprint density at radius 3 is 2.84 bits per heavy atom. The second-order valence-corrected chi connectivity index (χ2v) is 4.96. The molecule has 102 valence electrons. The van der Waals surface area contributed by atoms with Gasteiger partial charge in [0, 0.05) is 6.54 Å². The monoisotopic (exact) mass is 259 g/mol. The van der Waals surface area contributed by atoms with E-state index in [0.717, 1.165) is 11.1 Å². The fourth-order valence-corrected chi connectivity index (χ4v) is 2.36. The normalized spacial score (nSPS) is 15.4. The molecule has 1 saturated carbocycles. The zero-order chi connectivity index (χ0) is 13.5. The third kappa shape index (κ3) is 4.52. The van der Waals surface area contributed by atoms with Crippen LogP contribution < -0.4 is 5.32 Å². The molecule has 1 aliphatic rings. The summed E-state index contributed by atoms with van der Waals surface area (Å²) in [7, 11) is 0. The van der Waals surface area contributed by atoms with Crippen LogP contribution in [0.25, 0.3) is 0 Å². The molecular formula is C16H21NO2. The molecular weight excluding hydrogens is 238 g/mol. The molecule has 1 N–H and O–H groups in total. The summed E-state index contributed by atoms with van der Waals surface area (Å²) >= 11 is 0. The highest BCUT2D eigenvalue weighted by Gasteiger charge is 2.15. The van der Waals surface area contributed by atoms with Crippen LogP contribution in [0.3, 0.4) is 0 Å². The molecule has 0 unspecified atom stereocenters. The van der Waals surface area contributed by atoms with Crippen molar-refractivity contribution in [3.05, 3.63) is 48.0 Å². The lowest BCUT2D eigenvalue weighted by molar-refractivity contribution is -0.116. The molecule has 0 heterocycles. The lowest BCUT2D eigenvalue weighted by atomic mass is 10.1. The molecule has 0 aromatic heterocycles. The molecule has 3 nitrogen and oxygen atoms in total. The molecule has 1 fully saturated rings. The minimum Gasteiger partial charge on any atom is -0.374 e. The number of hydrogen-bond donors (Lipinski definition) is 1. The van der Waals surface area contributed by atoms with Crippen molar-refractivity contribution in [2.75, 3.05) is 0 Å². The number of ether oxygens (including phenoxy) is 1. The van der Waals surface area contributed by atoms with E-state index in [2.05, 4.69) is 24.0 Å². The van der Waals surface area contributed by atoms with E-state index in [1.807, 2.05) is 12.1 Å². The van der Waals surface area contributed by atoms with E-state index in [1.165, 1.54) is 31.8 Å². The molecule has 1 aromatic carbocycles. The summed E-state index contributed by atoms with van der Waals surface area (Å²) in [5, 5.41) is 2.78. The van der Waals surface area contributed by atoms with E-state index in [9.17, 15) is 4.79 Å². The molecule has 0 saturated heterocycles. The Morgan fingerprint density at radius 2 is 2.11 bits per heavy atom. The van der Waals surface area contributed by atoms with Crippen molar-refractivity contribution < 1.29 is 9.53 Å². The second-order valence-electron chi connectivity index (χ2n) is 4.96. The van der Waals surface area contributed by atoms with E-state index in [-0.39, 0.29) is 5.91 Å². The zero-order valence-electron chi connectivity index (χ0n) is 11.2. The van der Waals surface area contributed by atoms with Crippen molar-refractivity contribution >= 4 is 5.91 Å². The third-order valence-corrected chi connectivity index (χ3v) is 3.43. The van der Waals surface area contributed by atoms with Gasteiger partial charge in [0.05, 0.1) is 12.7 Å². The maximum atomic E-state index is 11.1. The standard InChI is InChI=1S/C16H21NO2/c1-2-16(18)17-11-13-6-5-7-14(10-13)12-19-15-8-3-4-9-15/h2,5-7,10,15H,1,3-4,8-9,11-12H2,(H,17,18). The average molecular weight is 259 g/mol. The summed E-state index contributed by atoms with van der Waals surface area (Å²) in [6.45, 7) is 4.62. The Labute approximate surface area is 114 Å². The Balaban J connectivity index is 1.83. The van der Waals surface area contributed by atoms with Gasteiger partial charge in [-0.05, 0) is 30.0 Å². The average Bonchev–Trinajstić information content (AvgIpc) is 2.96. The van der Waals surface area contributed by atoms with Gasteiger partial charge in [0.1, 0.15) is 0 Å². The molecule has 3 heteroatoms. The van der Waals surface area contributed by atoms with Gasteiger partial charge in [-0.3, -0.25) is 4.79 Å². The number of nitrogens with one attached hydrogen (secondary N) is 1. The molecule has 0 radical (unpaired) electrons. The van der Waals surface area contributed by atoms with E-state index < -0.39 is 0 Å². The number of amides is 1. The van der Waals surface area contributed by atoms with Crippen molar-refractivity contribution in [3.8, 4) is 0 Å². The summed E-state index contributed by atoms with van der Waals surface area (Å²) in [6.07, 6.45) is 6.68. The number of rotatable bonds is 6. The Bertz CT molecular complexity index is 436. The second kappa shape index (κ2) is 7.10. The van der Waals surface area contributed by atoms with Gasteiger partial charge in [0.25, 0.3) is 0 Å². The highest BCUT2D eigenvalue weighted by molar-refractivity contribution is 5.86. The maximum absolute atomic E-state index is 11.1. The topological polar surface area (TPSA) is 38.3 Å². The number of benzene rings is 1. The summed E-state index contributed by atoms with van der Waals surface area (Å²) in [5.41, 5.74) is 2.25. The van der Waals surface area contributed by atoms with Crippen LogP contribution in [0.4, 0.5) is 0 Å². The number of carbonyl (C=O) groups is 1. The van der Waals surface area contributed by atoms with Gasteiger partial charge in [-0.1, -0.05) is 43.7 Å². The molecule has 1 aromatic rings. The highest BCUT2D eigenvalue weighted by Crippen LogP contribution is 2.22. The predicted octanol–water partition coefficient (Wildman–Crippen LogP) is 2.95. The van der Waals surface area contributed by atoms with Crippen molar-refractivity contribution in [1.29, 1.82) is 0 Å². The molecule has 19 heavy (non-hydrogen) atoms. The molecule has 0 spiro atoms. The van der Waals surface area contributed by atoms with E-state index in [4.69, 9.17) is 4.74 Å². The van der Waals surface area contributed by atoms with E-state index in [1.54, 1.807) is 0 Å². The quantitative estimate of drug-likeness (QED) is 0.798. The first kappa shape index (κ1) is 13.8. The van der Waals surface area contributed by atoms with Crippen molar-refractivity contribution in [2.45, 2.75) is 44.9 Å². The first-order valence-corrected chi connectivity index (χ1v) is 6.87. The maximum Gasteiger partial charge on any atom is 0.243 e. The van der Waals surface area contributed by atoms with Crippen LogP contribution in [-0.2, 0) is 22.7 Å². The van der Waals surface area contributed by atoms with Crippen LogP contribution in [0.1, 0.15) is 36.8 Å². The van der Waals surface area contributed by atoms with Gasteiger partial charge >= 0.3 is 0 Å². The van der Waals surface area contributed by atoms with Crippen molar-refractivity contribution in [2.24, 2.45) is 0 Å². The molecule has 0 atom stereocenters. The minimum atomic E-state index is -0.146. The summed E-state index contributed by atoms with van der Waals surface area (Å²) in [4.78, 5) is 11.1. The van der Waals surface area contributed by atoms with Gasteiger partial charge in [-0.15, -0.1) is 0 Å². The van der Waals surface area contributed by atoms with E-state index >= 15 is 0 Å². The van der Waals surface area contributed by atoms with Gasteiger partial charge in [0.15, 0.2) is 0 Å². The van der Waals surface area contributed by atoms with Gasteiger partial charge < -0.3 is 10.1 Å². The summed E-state index contributed by atoms with van der Waals surface area (Å²) in [5.74, 6) is -0.146. The van der Waals surface area contributed by atoms with Crippen molar-refractivity contribution in [3.63, 3.8) is 0 Å². The molecule has 1 aliphatic carbocycles.